The molecule has 1 fully saturated rings. The number of nitrogens with zero attached hydrogens (tertiary/aromatic N) is 1. The summed E-state index contributed by atoms with van der Waals surface area (Å²) in [5.74, 6) is -0.384. The van der Waals surface area contributed by atoms with Crippen LogP contribution in [0.3, 0.4) is 0 Å². The minimum Gasteiger partial charge on any atom is -0.465 e. The lowest BCUT2D eigenvalue weighted by Crippen LogP contribution is -2.25. The second-order valence-electron chi connectivity index (χ2n) is 6.60. The molecule has 26 heavy (non-hydrogen) atoms. The maximum atomic E-state index is 11.7. The topological polar surface area (TPSA) is 58.6 Å². The van der Waals surface area contributed by atoms with E-state index in [1.165, 1.54) is 25.5 Å². The monoisotopic (exact) mass is 352 g/mol. The van der Waals surface area contributed by atoms with E-state index in [9.17, 15) is 9.59 Å². The van der Waals surface area contributed by atoms with Crippen LogP contribution in [-0.4, -0.2) is 37.0 Å². The van der Waals surface area contributed by atoms with Gasteiger partial charge in [-0.05, 0) is 48.2 Å². The van der Waals surface area contributed by atoms with Crippen molar-refractivity contribution < 1.29 is 14.3 Å². The van der Waals surface area contributed by atoms with Crippen LogP contribution in [0.2, 0.25) is 0 Å². The zero-order valence-electron chi connectivity index (χ0n) is 15.2. The van der Waals surface area contributed by atoms with E-state index in [0.29, 0.717) is 17.2 Å². The van der Waals surface area contributed by atoms with Crippen LogP contribution in [0.25, 0.3) is 0 Å². The number of amides is 1. The highest BCUT2D eigenvalue weighted by Crippen LogP contribution is 2.30. The van der Waals surface area contributed by atoms with E-state index in [-0.39, 0.29) is 11.9 Å². The van der Waals surface area contributed by atoms with E-state index >= 15 is 0 Å². The molecule has 2 aromatic carbocycles. The Bertz CT molecular complexity index is 782. The molecule has 3 rings (SSSR count). The van der Waals surface area contributed by atoms with E-state index in [2.05, 4.69) is 10.2 Å². The number of hydrogen-bond acceptors (Lipinski definition) is 4. The fourth-order valence-electron chi connectivity index (χ4n) is 3.04. The molecule has 1 aliphatic carbocycles. The summed E-state index contributed by atoms with van der Waals surface area (Å²) < 4.78 is 4.81. The molecule has 0 saturated heterocycles. The minimum absolute atomic E-state index is 0.0739. The average Bonchev–Trinajstić information content (AvgIpc) is 3.52. The van der Waals surface area contributed by atoms with Crippen LogP contribution in [-0.2, 0) is 17.8 Å². The van der Waals surface area contributed by atoms with Crippen molar-refractivity contribution in [3.63, 3.8) is 0 Å². The maximum absolute atomic E-state index is 11.7. The molecule has 1 saturated carbocycles. The van der Waals surface area contributed by atoms with Gasteiger partial charge >= 0.3 is 5.97 Å². The number of carbonyl (C=O) groups is 2. The highest BCUT2D eigenvalue weighted by molar-refractivity contribution is 5.93. The van der Waals surface area contributed by atoms with E-state index in [1.807, 2.05) is 42.5 Å². The Morgan fingerprint density at radius 3 is 2.35 bits per heavy atom. The summed E-state index contributed by atoms with van der Waals surface area (Å²) in [6.07, 6.45) is 2.40. The summed E-state index contributed by atoms with van der Waals surface area (Å²) in [7, 11) is 3.03. The Morgan fingerprint density at radius 2 is 1.73 bits per heavy atom. The highest BCUT2D eigenvalue weighted by Gasteiger charge is 2.29. The molecule has 0 aromatic heterocycles. The molecule has 1 amide bonds. The zero-order chi connectivity index (χ0) is 18.5. The van der Waals surface area contributed by atoms with Gasteiger partial charge in [-0.2, -0.15) is 0 Å². The average molecular weight is 352 g/mol. The van der Waals surface area contributed by atoms with Gasteiger partial charge in [-0.15, -0.1) is 0 Å². The number of benzene rings is 2. The lowest BCUT2D eigenvalue weighted by Gasteiger charge is -2.22. The van der Waals surface area contributed by atoms with Crippen molar-refractivity contribution in [3.05, 3.63) is 70.8 Å². The van der Waals surface area contributed by atoms with Gasteiger partial charge in [0.25, 0.3) is 5.91 Å². The number of hydrogen-bond donors (Lipinski definition) is 1. The fraction of sp³-hybridized carbons (Fsp3) is 0.333. The van der Waals surface area contributed by atoms with Crippen molar-refractivity contribution in [2.45, 2.75) is 32.0 Å². The second-order valence-corrected chi connectivity index (χ2v) is 6.60. The first-order valence-electron chi connectivity index (χ1n) is 8.83. The standard InChI is InChI=1S/C21H24N2O3/c1-22-20(24)17-8-6-15(7-9-17)13-23(19-10-11-19)14-16-4-3-5-18(12-16)21(25)26-2/h3-9,12,19H,10-11,13-14H2,1-2H3,(H,22,24). The summed E-state index contributed by atoms with van der Waals surface area (Å²) in [5.41, 5.74) is 3.52. The number of ether oxygens (including phenoxy) is 1. The lowest BCUT2D eigenvalue weighted by molar-refractivity contribution is 0.0600. The van der Waals surface area contributed by atoms with Crippen LogP contribution in [0.4, 0.5) is 0 Å². The lowest BCUT2D eigenvalue weighted by atomic mass is 10.1. The molecule has 2 aromatic rings. The minimum atomic E-state index is -0.311. The summed E-state index contributed by atoms with van der Waals surface area (Å²) in [5, 5.41) is 2.63. The van der Waals surface area contributed by atoms with Crippen molar-refractivity contribution in [2.75, 3.05) is 14.2 Å². The fourth-order valence-corrected chi connectivity index (χ4v) is 3.04. The predicted molar refractivity (Wildman–Crippen MR) is 99.9 cm³/mol. The van der Waals surface area contributed by atoms with Gasteiger partial charge in [0.2, 0.25) is 0 Å². The Kier molecular flexibility index (Phi) is 5.68. The Morgan fingerprint density at radius 1 is 1.04 bits per heavy atom. The van der Waals surface area contributed by atoms with E-state index in [0.717, 1.165) is 18.7 Å². The molecule has 0 bridgehead atoms. The zero-order valence-corrected chi connectivity index (χ0v) is 15.2. The van der Waals surface area contributed by atoms with Gasteiger partial charge in [0.1, 0.15) is 0 Å². The Balaban J connectivity index is 1.70. The van der Waals surface area contributed by atoms with E-state index < -0.39 is 0 Å². The summed E-state index contributed by atoms with van der Waals surface area (Å²) >= 11 is 0. The molecular weight excluding hydrogens is 328 g/mol. The van der Waals surface area contributed by atoms with Crippen LogP contribution in [0.1, 0.15) is 44.7 Å². The Hall–Kier alpha value is -2.66. The van der Waals surface area contributed by atoms with Gasteiger partial charge < -0.3 is 10.1 Å². The molecule has 1 aliphatic rings. The first-order valence-corrected chi connectivity index (χ1v) is 8.83. The quantitative estimate of drug-likeness (QED) is 0.778. The maximum Gasteiger partial charge on any atom is 0.337 e. The third-order valence-electron chi connectivity index (χ3n) is 4.63. The van der Waals surface area contributed by atoms with Crippen LogP contribution < -0.4 is 5.32 Å². The van der Waals surface area contributed by atoms with E-state index in [1.54, 1.807) is 13.1 Å². The summed E-state index contributed by atoms with van der Waals surface area (Å²) in [6.45, 7) is 1.61. The SMILES string of the molecule is CNC(=O)c1ccc(CN(Cc2cccc(C(=O)OC)c2)C2CC2)cc1. The third kappa shape index (κ3) is 4.49. The molecule has 0 spiro atoms. The molecule has 0 radical (unpaired) electrons. The van der Waals surface area contributed by atoms with Gasteiger partial charge in [-0.25, -0.2) is 4.79 Å². The van der Waals surface area contributed by atoms with Crippen LogP contribution in [0, 0.1) is 0 Å². The highest BCUT2D eigenvalue weighted by atomic mass is 16.5. The molecular formula is C21H24N2O3. The van der Waals surface area contributed by atoms with Gasteiger partial charge in [0, 0.05) is 31.7 Å². The van der Waals surface area contributed by atoms with Crippen molar-refractivity contribution in [1.82, 2.24) is 10.2 Å². The number of rotatable bonds is 7. The van der Waals surface area contributed by atoms with Crippen molar-refractivity contribution in [3.8, 4) is 0 Å². The number of nitrogens with one attached hydrogen (secondary N) is 1. The molecule has 5 heteroatoms. The first-order chi connectivity index (χ1) is 12.6. The molecule has 136 valence electrons. The molecule has 1 N–H and O–H groups in total. The molecule has 0 heterocycles. The van der Waals surface area contributed by atoms with E-state index in [4.69, 9.17) is 4.74 Å². The van der Waals surface area contributed by atoms with Gasteiger partial charge in [-0.1, -0.05) is 24.3 Å². The van der Waals surface area contributed by atoms with Crippen molar-refractivity contribution in [2.24, 2.45) is 0 Å². The normalized spacial score (nSPS) is 13.5. The van der Waals surface area contributed by atoms with Gasteiger partial charge in [-0.3, -0.25) is 9.69 Å². The first kappa shape index (κ1) is 18.1. The van der Waals surface area contributed by atoms with Crippen molar-refractivity contribution in [1.29, 1.82) is 0 Å². The Labute approximate surface area is 154 Å². The molecule has 0 atom stereocenters. The predicted octanol–water partition coefficient (Wildman–Crippen LogP) is 3.00. The smallest absolute Gasteiger partial charge is 0.337 e. The largest absolute Gasteiger partial charge is 0.465 e. The van der Waals surface area contributed by atoms with Gasteiger partial charge in [0.15, 0.2) is 0 Å². The van der Waals surface area contributed by atoms with Crippen LogP contribution >= 0.6 is 0 Å². The van der Waals surface area contributed by atoms with Crippen LogP contribution in [0.15, 0.2) is 48.5 Å². The number of carbonyl (C=O) groups excluding carboxylic acids is 2. The molecule has 0 aliphatic heterocycles. The molecule has 0 unspecified atom stereocenters. The van der Waals surface area contributed by atoms with Gasteiger partial charge in [0.05, 0.1) is 12.7 Å². The van der Waals surface area contributed by atoms with Crippen LogP contribution in [0.5, 0.6) is 0 Å². The third-order valence-corrected chi connectivity index (χ3v) is 4.63. The number of methoxy groups -OCH3 is 1. The van der Waals surface area contributed by atoms with Crippen molar-refractivity contribution >= 4 is 11.9 Å². The molecule has 5 nitrogen and oxygen atoms in total. The summed E-state index contributed by atoms with van der Waals surface area (Å²) in [4.78, 5) is 25.8. The number of esters is 1. The summed E-state index contributed by atoms with van der Waals surface area (Å²) in [6, 6.07) is 15.9. The second kappa shape index (κ2) is 8.15.